The summed E-state index contributed by atoms with van der Waals surface area (Å²) in [6, 6.07) is 0.730. The van der Waals surface area contributed by atoms with E-state index >= 15 is 0 Å². The Labute approximate surface area is 187 Å². The van der Waals surface area contributed by atoms with Crippen molar-refractivity contribution >= 4 is 15.9 Å². The highest BCUT2D eigenvalue weighted by Gasteiger charge is 2.45. The summed E-state index contributed by atoms with van der Waals surface area (Å²) in [6.45, 7) is 0.944. The van der Waals surface area contributed by atoms with Gasteiger partial charge in [-0.1, -0.05) is 6.42 Å². The quantitative estimate of drug-likeness (QED) is 0.644. The first kappa shape index (κ1) is 23.5. The highest BCUT2D eigenvalue weighted by molar-refractivity contribution is 7.89. The monoisotopic (exact) mass is 473 g/mol. The number of carbonyl (C=O) groups excluding carboxylic acids is 1. The number of hydrogen-bond donors (Lipinski definition) is 1. The van der Waals surface area contributed by atoms with E-state index in [1.807, 2.05) is 0 Å². The predicted molar refractivity (Wildman–Crippen MR) is 114 cm³/mol. The zero-order valence-electron chi connectivity index (χ0n) is 18.0. The first-order chi connectivity index (χ1) is 15.2. The smallest absolute Gasteiger partial charge is 0.239 e. The molecule has 3 saturated heterocycles. The van der Waals surface area contributed by atoms with Gasteiger partial charge in [0.2, 0.25) is 15.9 Å². The molecule has 3 fully saturated rings. The number of amides is 1. The molecule has 3 atom stereocenters. The molecule has 1 aromatic rings. The van der Waals surface area contributed by atoms with Crippen LogP contribution in [0.4, 0.5) is 13.2 Å². The molecule has 3 heterocycles. The van der Waals surface area contributed by atoms with Crippen LogP contribution in [0.3, 0.4) is 0 Å². The van der Waals surface area contributed by atoms with Crippen LogP contribution >= 0.6 is 0 Å². The van der Waals surface area contributed by atoms with Gasteiger partial charge in [0.15, 0.2) is 11.6 Å². The lowest BCUT2D eigenvalue weighted by atomic mass is 9.82. The highest BCUT2D eigenvalue weighted by atomic mass is 32.2. The van der Waals surface area contributed by atoms with Crippen LogP contribution in [0.2, 0.25) is 0 Å². The number of fused-ring (bicyclic) bond motifs is 2. The van der Waals surface area contributed by atoms with Crippen molar-refractivity contribution < 1.29 is 26.4 Å². The van der Waals surface area contributed by atoms with Crippen LogP contribution < -0.4 is 5.73 Å². The fraction of sp³-hybridized carbons (Fsp3) is 0.682. The Kier molecular flexibility index (Phi) is 6.84. The molecule has 0 aromatic heterocycles. The minimum absolute atomic E-state index is 0.0113. The Morgan fingerprint density at radius 1 is 1.00 bits per heavy atom. The molecule has 0 saturated carbocycles. The molecular formula is C22H30F3N3O3S. The molecule has 2 N–H and O–H groups in total. The molecule has 32 heavy (non-hydrogen) atoms. The zero-order chi connectivity index (χ0) is 23.0. The van der Waals surface area contributed by atoms with Crippen LogP contribution in [-0.4, -0.2) is 60.5 Å². The Hall–Kier alpha value is -1.65. The Morgan fingerprint density at radius 2 is 1.59 bits per heavy atom. The van der Waals surface area contributed by atoms with E-state index in [0.717, 1.165) is 38.2 Å². The molecule has 0 spiro atoms. The summed E-state index contributed by atoms with van der Waals surface area (Å²) in [5.41, 5.74) is 6.36. The zero-order valence-corrected chi connectivity index (χ0v) is 18.8. The number of carbonyl (C=O) groups is 1. The molecule has 1 amide bonds. The lowest BCUT2D eigenvalue weighted by Gasteiger charge is -2.41. The normalized spacial score (nSPS) is 27.5. The average Bonchev–Trinajstić information content (AvgIpc) is 3.02. The number of rotatable bonds is 6. The molecule has 3 aliphatic rings. The first-order valence-electron chi connectivity index (χ1n) is 11.3. The second-order valence-corrected chi connectivity index (χ2v) is 11.3. The van der Waals surface area contributed by atoms with Crippen LogP contribution in [-0.2, 0) is 21.2 Å². The maximum Gasteiger partial charge on any atom is 0.239 e. The van der Waals surface area contributed by atoms with E-state index in [9.17, 15) is 26.4 Å². The molecule has 0 aliphatic carbocycles. The van der Waals surface area contributed by atoms with Gasteiger partial charge in [-0.2, -0.15) is 0 Å². The Balaban J connectivity index is 1.39. The number of sulfonamides is 1. The van der Waals surface area contributed by atoms with Gasteiger partial charge in [0.1, 0.15) is 11.6 Å². The number of hydrogen-bond acceptors (Lipinski definition) is 4. The van der Waals surface area contributed by atoms with Crippen LogP contribution in [0.15, 0.2) is 12.1 Å². The summed E-state index contributed by atoms with van der Waals surface area (Å²) in [5.74, 6) is -4.04. The van der Waals surface area contributed by atoms with E-state index in [1.54, 1.807) is 4.90 Å². The molecule has 6 nitrogen and oxygen atoms in total. The first-order valence-corrected chi connectivity index (χ1v) is 12.9. The molecular weight excluding hydrogens is 443 g/mol. The minimum atomic E-state index is -3.62. The Morgan fingerprint density at radius 3 is 2.22 bits per heavy atom. The summed E-state index contributed by atoms with van der Waals surface area (Å²) < 4.78 is 67.6. The average molecular weight is 474 g/mol. The molecule has 2 unspecified atom stereocenters. The second-order valence-electron chi connectivity index (χ2n) is 9.36. The van der Waals surface area contributed by atoms with E-state index in [-0.39, 0.29) is 35.9 Å². The van der Waals surface area contributed by atoms with Crippen molar-refractivity contribution in [2.45, 2.75) is 69.5 Å². The van der Waals surface area contributed by atoms with Gasteiger partial charge in [0, 0.05) is 37.3 Å². The summed E-state index contributed by atoms with van der Waals surface area (Å²) >= 11 is 0. The van der Waals surface area contributed by atoms with Crippen LogP contribution in [0.5, 0.6) is 0 Å². The topological polar surface area (TPSA) is 83.7 Å². The van der Waals surface area contributed by atoms with E-state index < -0.39 is 39.3 Å². The van der Waals surface area contributed by atoms with E-state index in [1.165, 1.54) is 4.31 Å². The maximum atomic E-state index is 14.0. The summed E-state index contributed by atoms with van der Waals surface area (Å²) in [7, 11) is -3.62. The molecule has 2 bridgehead atoms. The van der Waals surface area contributed by atoms with Crippen LogP contribution in [0.25, 0.3) is 0 Å². The lowest BCUT2D eigenvalue weighted by Crippen LogP contribution is -2.52. The predicted octanol–water partition coefficient (Wildman–Crippen LogP) is 2.56. The minimum Gasteiger partial charge on any atom is -0.336 e. The summed E-state index contributed by atoms with van der Waals surface area (Å²) in [4.78, 5) is 14.7. The van der Waals surface area contributed by atoms with Gasteiger partial charge in [-0.05, 0) is 62.5 Å². The van der Waals surface area contributed by atoms with Crippen molar-refractivity contribution in [3.05, 3.63) is 35.1 Å². The summed E-state index contributed by atoms with van der Waals surface area (Å²) in [6.07, 6.45) is 5.47. The van der Waals surface area contributed by atoms with Gasteiger partial charge in [-0.15, -0.1) is 0 Å². The maximum absolute atomic E-state index is 14.0. The van der Waals surface area contributed by atoms with E-state index in [2.05, 4.69) is 0 Å². The van der Waals surface area contributed by atoms with Crippen LogP contribution in [0.1, 0.15) is 50.5 Å². The molecule has 1 aromatic carbocycles. The third kappa shape index (κ3) is 4.82. The third-order valence-corrected chi connectivity index (χ3v) is 8.99. The van der Waals surface area contributed by atoms with Gasteiger partial charge < -0.3 is 10.6 Å². The van der Waals surface area contributed by atoms with E-state index in [0.29, 0.717) is 32.0 Å². The van der Waals surface area contributed by atoms with Crippen molar-refractivity contribution in [2.24, 2.45) is 11.7 Å². The standard InChI is InChI=1S/C22H30F3N3O3S/c23-18-12-20(25)19(24)10-14(18)11-21(26)15-8-16-4-5-17(9-15)28(16)22(29)13-32(30,31)27-6-2-1-3-7-27/h10,12,15-17,21H,1-9,11,13,26H2/t15?,16?,17?,21-/m1/s1. The molecule has 178 valence electrons. The number of nitrogens with zero attached hydrogens (tertiary/aromatic N) is 2. The van der Waals surface area contributed by atoms with Gasteiger partial charge in [-0.3, -0.25) is 4.79 Å². The van der Waals surface area contributed by atoms with Gasteiger partial charge in [0.25, 0.3) is 0 Å². The number of benzene rings is 1. The fourth-order valence-corrected chi connectivity index (χ4v) is 7.04. The second kappa shape index (κ2) is 9.30. The number of piperidine rings is 2. The largest absolute Gasteiger partial charge is 0.336 e. The van der Waals surface area contributed by atoms with Crippen molar-refractivity contribution in [1.29, 1.82) is 0 Å². The number of nitrogens with two attached hydrogens (primary N) is 1. The molecule has 3 aliphatic heterocycles. The van der Waals surface area contributed by atoms with Gasteiger partial charge in [0.05, 0.1) is 0 Å². The SMILES string of the molecule is N[C@H](Cc1cc(F)c(F)cc1F)C1CC2CCC(C1)N2C(=O)CS(=O)(=O)N1CCCCC1. The van der Waals surface area contributed by atoms with Gasteiger partial charge >= 0.3 is 0 Å². The molecule has 10 heteroatoms. The van der Waals surface area contributed by atoms with Gasteiger partial charge in [-0.25, -0.2) is 25.9 Å². The molecule has 4 rings (SSSR count). The van der Waals surface area contributed by atoms with Crippen molar-refractivity contribution in [3.8, 4) is 0 Å². The number of halogens is 3. The lowest BCUT2D eigenvalue weighted by molar-refractivity contribution is -0.133. The molecule has 0 radical (unpaired) electrons. The van der Waals surface area contributed by atoms with Crippen molar-refractivity contribution in [3.63, 3.8) is 0 Å². The third-order valence-electron chi connectivity index (χ3n) is 7.22. The highest BCUT2D eigenvalue weighted by Crippen LogP contribution is 2.40. The Bertz CT molecular complexity index is 955. The van der Waals surface area contributed by atoms with Crippen molar-refractivity contribution in [2.75, 3.05) is 18.8 Å². The van der Waals surface area contributed by atoms with Crippen molar-refractivity contribution in [1.82, 2.24) is 9.21 Å². The summed E-state index contributed by atoms with van der Waals surface area (Å²) in [5, 5.41) is 0. The van der Waals surface area contributed by atoms with E-state index in [4.69, 9.17) is 5.73 Å². The fourth-order valence-electron chi connectivity index (χ4n) is 5.58. The van der Waals surface area contributed by atoms with Crippen LogP contribution in [0, 0.1) is 23.4 Å².